The quantitative estimate of drug-likeness (QED) is 0.821. The van der Waals surface area contributed by atoms with Gasteiger partial charge in [0.1, 0.15) is 17.2 Å². The first-order chi connectivity index (χ1) is 9.99. The monoisotopic (exact) mass is 291 g/mol. The lowest BCUT2D eigenvalue weighted by atomic mass is 9.81. The van der Waals surface area contributed by atoms with Gasteiger partial charge in [-0.05, 0) is 43.6 Å². The lowest BCUT2D eigenvalue weighted by molar-refractivity contribution is 0.0195. The normalized spacial score (nSPS) is 32.6. The largest absolute Gasteiger partial charge is 0.487 e. The number of hydrogen-bond acceptors (Lipinski definition) is 2. The maximum Gasteiger partial charge on any atom is 0.127 e. The Morgan fingerprint density at radius 3 is 2.86 bits per heavy atom. The predicted molar refractivity (Wildman–Crippen MR) is 82.7 cm³/mol. The molecule has 0 saturated heterocycles. The van der Waals surface area contributed by atoms with Crippen molar-refractivity contribution in [3.63, 3.8) is 0 Å². The third kappa shape index (κ3) is 2.94. The van der Waals surface area contributed by atoms with E-state index >= 15 is 0 Å². The molecule has 3 heteroatoms. The van der Waals surface area contributed by atoms with Gasteiger partial charge in [-0.2, -0.15) is 0 Å². The van der Waals surface area contributed by atoms with Crippen molar-refractivity contribution in [1.82, 2.24) is 0 Å². The lowest BCUT2D eigenvalue weighted by Crippen LogP contribution is -2.42. The molecule has 1 saturated carbocycles. The summed E-state index contributed by atoms with van der Waals surface area (Å²) in [6.45, 7) is 4.61. The fourth-order valence-corrected chi connectivity index (χ4v) is 4.07. The predicted octanol–water partition coefficient (Wildman–Crippen LogP) is 4.58. The van der Waals surface area contributed by atoms with Crippen LogP contribution < -0.4 is 10.5 Å². The summed E-state index contributed by atoms with van der Waals surface area (Å²) in [7, 11) is 0. The summed E-state index contributed by atoms with van der Waals surface area (Å²) < 4.78 is 19.8. The number of fused-ring (bicyclic) bond motifs is 1. The van der Waals surface area contributed by atoms with Crippen molar-refractivity contribution in [2.75, 3.05) is 0 Å². The highest BCUT2D eigenvalue weighted by molar-refractivity contribution is 5.39. The van der Waals surface area contributed by atoms with Gasteiger partial charge in [-0.25, -0.2) is 4.39 Å². The minimum absolute atomic E-state index is 0.0371. The van der Waals surface area contributed by atoms with Crippen LogP contribution in [0, 0.1) is 17.7 Å². The van der Waals surface area contributed by atoms with Gasteiger partial charge in [0.2, 0.25) is 0 Å². The van der Waals surface area contributed by atoms with E-state index in [-0.39, 0.29) is 17.5 Å². The van der Waals surface area contributed by atoms with Crippen LogP contribution in [0.15, 0.2) is 18.2 Å². The van der Waals surface area contributed by atoms with E-state index in [2.05, 4.69) is 13.8 Å². The summed E-state index contributed by atoms with van der Waals surface area (Å²) in [6.07, 6.45) is 6.58. The van der Waals surface area contributed by atoms with Crippen LogP contribution >= 0.6 is 0 Å². The van der Waals surface area contributed by atoms with Gasteiger partial charge in [0.25, 0.3) is 0 Å². The van der Waals surface area contributed by atoms with E-state index in [9.17, 15) is 4.39 Å². The fraction of sp³-hybridized carbons (Fsp3) is 0.667. The molecule has 0 aromatic heterocycles. The lowest BCUT2D eigenvalue weighted by Gasteiger charge is -2.41. The highest BCUT2D eigenvalue weighted by Gasteiger charge is 2.41. The van der Waals surface area contributed by atoms with Crippen molar-refractivity contribution in [1.29, 1.82) is 0 Å². The Labute approximate surface area is 126 Å². The van der Waals surface area contributed by atoms with Crippen LogP contribution in [0.3, 0.4) is 0 Å². The van der Waals surface area contributed by atoms with E-state index in [1.54, 1.807) is 6.07 Å². The van der Waals surface area contributed by atoms with E-state index in [0.717, 1.165) is 36.7 Å². The van der Waals surface area contributed by atoms with Crippen molar-refractivity contribution < 1.29 is 9.13 Å². The highest BCUT2D eigenvalue weighted by Crippen LogP contribution is 2.46. The van der Waals surface area contributed by atoms with Crippen LogP contribution in [0.2, 0.25) is 0 Å². The Hall–Kier alpha value is -1.09. The number of hydrogen-bond donors (Lipinski definition) is 1. The molecule has 1 aromatic carbocycles. The summed E-state index contributed by atoms with van der Waals surface area (Å²) >= 11 is 0. The third-order valence-electron chi connectivity index (χ3n) is 5.41. The standard InChI is InChI=1S/C18H26FNO/c1-12(2)13-4-3-8-18(9-7-13)11-16(20)15-6-5-14(19)10-17(15)21-18/h5-6,10,12-13,16H,3-4,7-9,11,20H2,1-2H3/t13?,16-,18?/m1/s1. The maximum absolute atomic E-state index is 13.5. The summed E-state index contributed by atoms with van der Waals surface area (Å²) in [5, 5.41) is 0. The zero-order valence-corrected chi connectivity index (χ0v) is 13.1. The molecule has 0 amide bonds. The van der Waals surface area contributed by atoms with Gasteiger partial charge < -0.3 is 10.5 Å². The Morgan fingerprint density at radius 1 is 1.29 bits per heavy atom. The average molecular weight is 291 g/mol. The molecule has 1 heterocycles. The first kappa shape index (κ1) is 14.8. The van der Waals surface area contributed by atoms with Gasteiger partial charge in [-0.3, -0.25) is 0 Å². The van der Waals surface area contributed by atoms with E-state index in [0.29, 0.717) is 5.75 Å². The van der Waals surface area contributed by atoms with E-state index < -0.39 is 0 Å². The molecule has 1 aromatic rings. The molecule has 1 aliphatic heterocycles. The Balaban J connectivity index is 1.83. The fourth-order valence-electron chi connectivity index (χ4n) is 4.07. The summed E-state index contributed by atoms with van der Waals surface area (Å²) in [6, 6.07) is 4.71. The Morgan fingerprint density at radius 2 is 2.10 bits per heavy atom. The van der Waals surface area contributed by atoms with Gasteiger partial charge in [-0.15, -0.1) is 0 Å². The summed E-state index contributed by atoms with van der Waals surface area (Å²) in [4.78, 5) is 0. The van der Waals surface area contributed by atoms with Gasteiger partial charge in [-0.1, -0.05) is 26.3 Å². The topological polar surface area (TPSA) is 35.2 Å². The molecule has 0 bridgehead atoms. The molecule has 0 radical (unpaired) electrons. The smallest absolute Gasteiger partial charge is 0.127 e. The van der Waals surface area contributed by atoms with Crippen molar-refractivity contribution in [2.45, 2.75) is 64.0 Å². The molecule has 2 unspecified atom stereocenters. The van der Waals surface area contributed by atoms with Gasteiger partial charge in [0, 0.05) is 24.1 Å². The second-order valence-electron chi connectivity index (χ2n) is 7.21. The first-order valence-corrected chi connectivity index (χ1v) is 8.23. The summed E-state index contributed by atoms with van der Waals surface area (Å²) in [5.41, 5.74) is 7.12. The van der Waals surface area contributed by atoms with Crippen molar-refractivity contribution in [2.24, 2.45) is 17.6 Å². The van der Waals surface area contributed by atoms with Crippen LogP contribution in [0.5, 0.6) is 5.75 Å². The summed E-state index contributed by atoms with van der Waals surface area (Å²) in [5.74, 6) is 1.92. The van der Waals surface area contributed by atoms with E-state index in [4.69, 9.17) is 10.5 Å². The molecule has 3 atom stereocenters. The molecule has 2 nitrogen and oxygen atoms in total. The second-order valence-corrected chi connectivity index (χ2v) is 7.21. The van der Waals surface area contributed by atoms with Gasteiger partial charge in [0.15, 0.2) is 0 Å². The van der Waals surface area contributed by atoms with Gasteiger partial charge >= 0.3 is 0 Å². The minimum atomic E-state index is -0.244. The second kappa shape index (κ2) is 5.60. The Kier molecular flexibility index (Phi) is 3.96. The van der Waals surface area contributed by atoms with Crippen LogP contribution in [0.1, 0.15) is 64.0 Å². The maximum atomic E-state index is 13.5. The van der Waals surface area contributed by atoms with Crippen molar-refractivity contribution >= 4 is 0 Å². The Bertz CT molecular complexity index is 516. The minimum Gasteiger partial charge on any atom is -0.487 e. The zero-order chi connectivity index (χ0) is 15.0. The molecular weight excluding hydrogens is 265 g/mol. The molecule has 2 aliphatic rings. The van der Waals surface area contributed by atoms with Gasteiger partial charge in [0.05, 0.1) is 0 Å². The van der Waals surface area contributed by atoms with Crippen LogP contribution in [-0.4, -0.2) is 5.60 Å². The number of ether oxygens (including phenoxy) is 1. The average Bonchev–Trinajstić information content (AvgIpc) is 2.61. The van der Waals surface area contributed by atoms with Crippen LogP contribution in [0.25, 0.3) is 0 Å². The number of benzene rings is 1. The van der Waals surface area contributed by atoms with Crippen molar-refractivity contribution in [3.05, 3.63) is 29.6 Å². The number of rotatable bonds is 1. The molecule has 3 rings (SSSR count). The number of nitrogens with two attached hydrogens (primary N) is 1. The molecular formula is C18H26FNO. The molecule has 2 N–H and O–H groups in total. The zero-order valence-electron chi connectivity index (χ0n) is 13.1. The van der Waals surface area contributed by atoms with E-state index in [1.165, 1.54) is 31.4 Å². The SMILES string of the molecule is CC(C)C1CCCC2(CC1)C[C@@H](N)c1ccc(F)cc1O2. The third-order valence-corrected chi connectivity index (χ3v) is 5.41. The first-order valence-electron chi connectivity index (χ1n) is 8.23. The molecule has 1 spiro atoms. The molecule has 21 heavy (non-hydrogen) atoms. The number of halogens is 1. The molecule has 1 aliphatic carbocycles. The van der Waals surface area contributed by atoms with Crippen LogP contribution in [-0.2, 0) is 0 Å². The van der Waals surface area contributed by atoms with E-state index in [1.807, 2.05) is 0 Å². The molecule has 1 fully saturated rings. The highest BCUT2D eigenvalue weighted by atomic mass is 19.1. The molecule has 116 valence electrons. The van der Waals surface area contributed by atoms with Crippen molar-refractivity contribution in [3.8, 4) is 5.75 Å². The van der Waals surface area contributed by atoms with Crippen LogP contribution in [0.4, 0.5) is 4.39 Å².